The van der Waals surface area contributed by atoms with Gasteiger partial charge in [-0.05, 0) is 52.0 Å². The van der Waals surface area contributed by atoms with Crippen molar-refractivity contribution in [3.8, 4) is 5.75 Å². The number of carboxylic acid groups (broad SMARTS) is 1. The Hall–Kier alpha value is -2.37. The highest BCUT2D eigenvalue weighted by atomic mass is 19.1. The van der Waals surface area contributed by atoms with Crippen LogP contribution in [0.25, 0.3) is 0 Å². The second kappa shape index (κ2) is 10.3. The molecule has 0 radical (unpaired) electrons. The van der Waals surface area contributed by atoms with Crippen LogP contribution >= 0.6 is 0 Å². The third-order valence-corrected chi connectivity index (χ3v) is 5.39. The number of amides is 2. The molecule has 0 spiro atoms. The number of benzene rings is 1. The first kappa shape index (κ1) is 24.9. The maximum atomic E-state index is 13.1. The van der Waals surface area contributed by atoms with Crippen LogP contribution in [-0.2, 0) is 18.8 Å². The lowest BCUT2D eigenvalue weighted by atomic mass is 9.76. The van der Waals surface area contributed by atoms with Crippen molar-refractivity contribution < 1.29 is 37.9 Å². The van der Waals surface area contributed by atoms with Gasteiger partial charge in [0.2, 0.25) is 5.91 Å². The SMILES string of the molecule is COCC(NC(=O)O)C(=O)N[C@@H](CCOc1ccc(F)cc1)B1OC(C)(C)C(C)(C)O1. The molecule has 2 rings (SSSR count). The van der Waals surface area contributed by atoms with E-state index in [2.05, 4.69) is 10.6 Å². The molecular formula is C20H30BFN2O7. The zero-order valence-corrected chi connectivity index (χ0v) is 18.4. The summed E-state index contributed by atoms with van der Waals surface area (Å²) in [5.74, 6) is -1.11. The topological polar surface area (TPSA) is 115 Å². The summed E-state index contributed by atoms with van der Waals surface area (Å²) in [7, 11) is 0.588. The van der Waals surface area contributed by atoms with Gasteiger partial charge in [-0.1, -0.05) is 0 Å². The fraction of sp³-hybridized carbons (Fsp3) is 0.600. The molecule has 1 aromatic carbocycles. The molecule has 2 atom stereocenters. The van der Waals surface area contributed by atoms with Crippen molar-refractivity contribution >= 4 is 19.1 Å². The molecule has 1 saturated heterocycles. The Labute approximate surface area is 181 Å². The van der Waals surface area contributed by atoms with E-state index in [1.165, 1.54) is 31.4 Å². The summed E-state index contributed by atoms with van der Waals surface area (Å²) in [6.07, 6.45) is -1.05. The normalized spacial score (nSPS) is 18.8. The number of ether oxygens (including phenoxy) is 2. The second-order valence-corrected chi connectivity index (χ2v) is 8.29. The third kappa shape index (κ3) is 6.81. The zero-order chi connectivity index (χ0) is 23.2. The van der Waals surface area contributed by atoms with Crippen LogP contribution in [-0.4, -0.2) is 67.7 Å². The van der Waals surface area contributed by atoms with Crippen LogP contribution < -0.4 is 15.4 Å². The molecule has 1 heterocycles. The molecule has 9 nitrogen and oxygen atoms in total. The Morgan fingerprint density at radius 1 is 1.13 bits per heavy atom. The minimum Gasteiger partial charge on any atom is -0.494 e. The number of hydrogen-bond acceptors (Lipinski definition) is 6. The van der Waals surface area contributed by atoms with Crippen LogP contribution in [0.1, 0.15) is 34.1 Å². The van der Waals surface area contributed by atoms with E-state index in [0.29, 0.717) is 12.2 Å². The van der Waals surface area contributed by atoms with Gasteiger partial charge in [-0.2, -0.15) is 0 Å². The van der Waals surface area contributed by atoms with Gasteiger partial charge in [-0.25, -0.2) is 9.18 Å². The van der Waals surface area contributed by atoms with Gasteiger partial charge in [-0.15, -0.1) is 0 Å². The van der Waals surface area contributed by atoms with E-state index < -0.39 is 42.3 Å². The van der Waals surface area contributed by atoms with Crippen molar-refractivity contribution in [2.24, 2.45) is 0 Å². The average Bonchev–Trinajstić information content (AvgIpc) is 2.89. The first-order valence-electron chi connectivity index (χ1n) is 9.98. The van der Waals surface area contributed by atoms with Crippen LogP contribution in [0, 0.1) is 5.82 Å². The Morgan fingerprint density at radius 3 is 2.23 bits per heavy atom. The van der Waals surface area contributed by atoms with Gasteiger partial charge in [0.25, 0.3) is 0 Å². The molecule has 11 heteroatoms. The van der Waals surface area contributed by atoms with Crippen LogP contribution in [0.4, 0.5) is 9.18 Å². The van der Waals surface area contributed by atoms with E-state index in [1.807, 2.05) is 27.7 Å². The fourth-order valence-corrected chi connectivity index (χ4v) is 2.95. The molecule has 172 valence electrons. The molecule has 1 aromatic rings. The Kier molecular flexibility index (Phi) is 8.27. The van der Waals surface area contributed by atoms with E-state index in [4.69, 9.17) is 23.9 Å². The highest BCUT2D eigenvalue weighted by Crippen LogP contribution is 2.37. The molecule has 1 aliphatic rings. The van der Waals surface area contributed by atoms with Crippen LogP contribution in [0.2, 0.25) is 0 Å². The number of hydrogen-bond donors (Lipinski definition) is 3. The standard InChI is InChI=1S/C20H30BFN2O7/c1-19(2)20(3,4)31-21(30-19)16(10-11-29-14-8-6-13(22)7-9-14)24-17(25)15(12-28-5)23-18(26)27/h6-9,15-16,23H,10-12H2,1-5H3,(H,24,25)(H,26,27)/t15?,16-/m0/s1. The maximum Gasteiger partial charge on any atom is 0.481 e. The summed E-state index contributed by atoms with van der Waals surface area (Å²) in [6.45, 7) is 7.60. The van der Waals surface area contributed by atoms with E-state index in [0.717, 1.165) is 0 Å². The van der Waals surface area contributed by atoms with E-state index in [1.54, 1.807) is 0 Å². The van der Waals surface area contributed by atoms with Gasteiger partial charge >= 0.3 is 13.2 Å². The first-order chi connectivity index (χ1) is 14.4. The number of carbonyl (C=O) groups excluding carboxylic acids is 1. The smallest absolute Gasteiger partial charge is 0.481 e. The van der Waals surface area contributed by atoms with Gasteiger partial charge in [0.1, 0.15) is 17.6 Å². The molecule has 0 bridgehead atoms. The lowest BCUT2D eigenvalue weighted by Gasteiger charge is -2.32. The van der Waals surface area contributed by atoms with Crippen LogP contribution in [0.3, 0.4) is 0 Å². The monoisotopic (exact) mass is 440 g/mol. The molecular weight excluding hydrogens is 410 g/mol. The molecule has 3 N–H and O–H groups in total. The summed E-state index contributed by atoms with van der Waals surface area (Å²) in [5.41, 5.74) is -1.24. The molecule has 0 aromatic heterocycles. The third-order valence-electron chi connectivity index (χ3n) is 5.39. The molecule has 2 amide bonds. The van der Waals surface area contributed by atoms with E-state index >= 15 is 0 Å². The number of rotatable bonds is 10. The lowest BCUT2D eigenvalue weighted by Crippen LogP contribution is -2.56. The molecule has 1 aliphatic heterocycles. The minimum absolute atomic E-state index is 0.139. The van der Waals surface area contributed by atoms with Crippen LogP contribution in [0.15, 0.2) is 24.3 Å². The Bertz CT molecular complexity index is 744. The van der Waals surface area contributed by atoms with Crippen molar-refractivity contribution in [3.05, 3.63) is 30.1 Å². The number of methoxy groups -OCH3 is 1. The summed E-state index contributed by atoms with van der Waals surface area (Å²) in [4.78, 5) is 23.7. The molecule has 1 unspecified atom stereocenters. The number of carbonyl (C=O) groups is 2. The van der Waals surface area contributed by atoms with E-state index in [-0.39, 0.29) is 19.0 Å². The average molecular weight is 440 g/mol. The summed E-state index contributed by atoms with van der Waals surface area (Å²) < 4.78 is 35.8. The van der Waals surface area contributed by atoms with Crippen molar-refractivity contribution in [1.29, 1.82) is 0 Å². The van der Waals surface area contributed by atoms with Crippen molar-refractivity contribution in [1.82, 2.24) is 10.6 Å². The molecule has 31 heavy (non-hydrogen) atoms. The second-order valence-electron chi connectivity index (χ2n) is 8.29. The van der Waals surface area contributed by atoms with Gasteiger partial charge in [0.15, 0.2) is 0 Å². The zero-order valence-electron chi connectivity index (χ0n) is 18.4. The van der Waals surface area contributed by atoms with E-state index in [9.17, 15) is 14.0 Å². The summed E-state index contributed by atoms with van der Waals surface area (Å²) in [6, 6.07) is 4.47. The predicted molar refractivity (Wildman–Crippen MR) is 111 cm³/mol. The molecule has 0 saturated carbocycles. The van der Waals surface area contributed by atoms with Crippen molar-refractivity contribution in [3.63, 3.8) is 0 Å². The number of nitrogens with one attached hydrogen (secondary N) is 2. The van der Waals surface area contributed by atoms with Crippen LogP contribution in [0.5, 0.6) is 5.75 Å². The molecule has 0 aliphatic carbocycles. The van der Waals surface area contributed by atoms with Crippen molar-refractivity contribution in [2.75, 3.05) is 20.3 Å². The summed E-state index contributed by atoms with van der Waals surface area (Å²) in [5, 5.41) is 13.9. The quantitative estimate of drug-likeness (QED) is 0.477. The lowest BCUT2D eigenvalue weighted by molar-refractivity contribution is -0.124. The van der Waals surface area contributed by atoms with Gasteiger partial charge in [0, 0.05) is 13.5 Å². The highest BCUT2D eigenvalue weighted by molar-refractivity contribution is 6.48. The van der Waals surface area contributed by atoms with Gasteiger partial charge < -0.3 is 34.5 Å². The number of halogens is 1. The Balaban J connectivity index is 2.10. The fourth-order valence-electron chi connectivity index (χ4n) is 2.95. The predicted octanol–water partition coefficient (Wildman–Crippen LogP) is 1.99. The Morgan fingerprint density at radius 2 is 1.71 bits per heavy atom. The minimum atomic E-state index is -1.34. The highest BCUT2D eigenvalue weighted by Gasteiger charge is 2.54. The summed E-state index contributed by atoms with van der Waals surface area (Å²) >= 11 is 0. The molecule has 1 fully saturated rings. The largest absolute Gasteiger partial charge is 0.494 e. The maximum absolute atomic E-state index is 13.1. The van der Waals surface area contributed by atoms with Gasteiger partial charge in [0.05, 0.1) is 30.4 Å². The van der Waals surface area contributed by atoms with Gasteiger partial charge in [-0.3, -0.25) is 4.79 Å². The first-order valence-corrected chi connectivity index (χ1v) is 9.98. The van der Waals surface area contributed by atoms with Crippen molar-refractivity contribution in [2.45, 2.75) is 57.3 Å².